The lowest BCUT2D eigenvalue weighted by Gasteiger charge is -2.11. The Balaban J connectivity index is 2.04. The van der Waals surface area contributed by atoms with Gasteiger partial charge in [-0.3, -0.25) is 4.79 Å². The number of rotatable bonds is 4. The third-order valence-electron chi connectivity index (χ3n) is 4.10. The van der Waals surface area contributed by atoms with E-state index in [1.54, 1.807) is 0 Å². The molecule has 2 aromatic rings. The number of nitrogens with zero attached hydrogens (tertiary/aromatic N) is 3. The molecule has 1 aromatic carbocycles. The van der Waals surface area contributed by atoms with Crippen LogP contribution in [0.3, 0.4) is 0 Å². The van der Waals surface area contributed by atoms with Crippen molar-refractivity contribution in [1.29, 1.82) is 0 Å². The summed E-state index contributed by atoms with van der Waals surface area (Å²) in [6, 6.07) is 3.82. The minimum Gasteiger partial charge on any atom is -0.391 e. The molecule has 0 radical (unpaired) electrons. The fraction of sp³-hybridized carbons (Fsp3) is 0.400. The summed E-state index contributed by atoms with van der Waals surface area (Å²) in [6.07, 6.45) is 0.225. The lowest BCUT2D eigenvalue weighted by atomic mass is 10.1. The predicted octanol–water partition coefficient (Wildman–Crippen LogP) is 0.653. The number of primary amides is 1. The number of carbonyl (C=O) groups is 1. The molecule has 1 aliphatic rings. The maximum atomic E-state index is 13.4. The quantitative estimate of drug-likeness (QED) is 0.745. The number of hydrogen-bond acceptors (Lipinski definition) is 5. The number of benzene rings is 1. The van der Waals surface area contributed by atoms with Gasteiger partial charge in [0.1, 0.15) is 11.6 Å². The van der Waals surface area contributed by atoms with Crippen molar-refractivity contribution in [3.63, 3.8) is 0 Å². The molecule has 1 aliphatic carbocycles. The van der Waals surface area contributed by atoms with Crippen molar-refractivity contribution in [3.05, 3.63) is 40.7 Å². The van der Waals surface area contributed by atoms with Crippen LogP contribution in [0, 0.1) is 5.82 Å². The number of halogens is 2. The third-order valence-corrected chi connectivity index (χ3v) is 4.39. The maximum Gasteiger partial charge on any atom is 0.225 e. The molecular weight excluding hydrogens is 337 g/mol. The van der Waals surface area contributed by atoms with Crippen molar-refractivity contribution < 1.29 is 14.3 Å². The second kappa shape index (κ2) is 6.46. The van der Waals surface area contributed by atoms with Crippen LogP contribution in [0.25, 0.3) is 5.69 Å². The predicted molar refractivity (Wildman–Crippen MR) is 85.2 cm³/mol. The highest BCUT2D eigenvalue weighted by Crippen LogP contribution is 2.34. The monoisotopic (exact) mass is 353 g/mol. The molecule has 1 heterocycles. The van der Waals surface area contributed by atoms with Crippen LogP contribution in [0.2, 0.25) is 5.02 Å². The van der Waals surface area contributed by atoms with Gasteiger partial charge in [0, 0.05) is 12.0 Å². The SMILES string of the molecule is NC(=O)Cc1nc([C@H]2C[C@H](N)[C@@H](O)C2)n(-c2ccc(F)c(Cl)c2)n1. The van der Waals surface area contributed by atoms with Crippen molar-refractivity contribution >= 4 is 17.5 Å². The number of aliphatic hydroxyl groups is 1. The highest BCUT2D eigenvalue weighted by molar-refractivity contribution is 6.30. The minimum atomic E-state index is -0.628. The summed E-state index contributed by atoms with van der Waals surface area (Å²) in [5.74, 6) is -0.432. The van der Waals surface area contributed by atoms with E-state index in [0.717, 1.165) is 0 Å². The Labute approximate surface area is 142 Å². The number of hydrogen-bond donors (Lipinski definition) is 3. The molecule has 5 N–H and O–H groups in total. The van der Waals surface area contributed by atoms with Gasteiger partial charge in [0.05, 0.1) is 23.2 Å². The van der Waals surface area contributed by atoms with Crippen LogP contribution in [0.4, 0.5) is 4.39 Å². The first-order valence-electron chi connectivity index (χ1n) is 7.48. The molecule has 0 bridgehead atoms. The summed E-state index contributed by atoms with van der Waals surface area (Å²) in [4.78, 5) is 15.5. The zero-order valence-electron chi connectivity index (χ0n) is 12.7. The van der Waals surface area contributed by atoms with E-state index < -0.39 is 17.8 Å². The summed E-state index contributed by atoms with van der Waals surface area (Å²) in [5.41, 5.74) is 11.6. The molecule has 0 unspecified atom stereocenters. The summed E-state index contributed by atoms with van der Waals surface area (Å²) in [6.45, 7) is 0. The first kappa shape index (κ1) is 16.8. The molecule has 9 heteroatoms. The van der Waals surface area contributed by atoms with Gasteiger partial charge >= 0.3 is 0 Å². The number of aliphatic hydroxyl groups excluding tert-OH is 1. The summed E-state index contributed by atoms with van der Waals surface area (Å²) in [5, 5.41) is 14.1. The Morgan fingerprint density at radius 1 is 1.46 bits per heavy atom. The van der Waals surface area contributed by atoms with Gasteiger partial charge in [-0.25, -0.2) is 14.1 Å². The van der Waals surface area contributed by atoms with Crippen LogP contribution in [-0.2, 0) is 11.2 Å². The fourth-order valence-electron chi connectivity index (χ4n) is 2.93. The standard InChI is InChI=1S/C15H17ClFN5O2/c16-9-5-8(1-2-10(9)17)22-15(7-3-11(18)12(23)4-7)20-14(21-22)6-13(19)24/h1-2,5,7,11-12,23H,3-4,6,18H2,(H2,19,24)/t7-,11-,12-/m0/s1. The zero-order chi connectivity index (χ0) is 17.4. The van der Waals surface area contributed by atoms with E-state index in [1.165, 1.54) is 22.9 Å². The Morgan fingerprint density at radius 2 is 2.21 bits per heavy atom. The number of amides is 1. The van der Waals surface area contributed by atoms with Crippen LogP contribution in [0.1, 0.15) is 30.4 Å². The van der Waals surface area contributed by atoms with Crippen molar-refractivity contribution in [2.75, 3.05) is 0 Å². The van der Waals surface area contributed by atoms with Gasteiger partial charge in [0.15, 0.2) is 5.82 Å². The van der Waals surface area contributed by atoms with E-state index in [-0.39, 0.29) is 29.2 Å². The van der Waals surface area contributed by atoms with Crippen LogP contribution < -0.4 is 11.5 Å². The van der Waals surface area contributed by atoms with E-state index >= 15 is 0 Å². The lowest BCUT2D eigenvalue weighted by molar-refractivity contribution is -0.117. The maximum absolute atomic E-state index is 13.4. The van der Waals surface area contributed by atoms with E-state index in [1.807, 2.05) is 0 Å². The van der Waals surface area contributed by atoms with Gasteiger partial charge < -0.3 is 16.6 Å². The zero-order valence-corrected chi connectivity index (χ0v) is 13.4. The van der Waals surface area contributed by atoms with E-state index in [2.05, 4.69) is 10.1 Å². The fourth-order valence-corrected chi connectivity index (χ4v) is 3.10. The Bertz CT molecular complexity index is 771. The molecule has 3 atom stereocenters. The van der Waals surface area contributed by atoms with E-state index in [4.69, 9.17) is 23.1 Å². The van der Waals surface area contributed by atoms with Gasteiger partial charge in [0.25, 0.3) is 0 Å². The average molecular weight is 354 g/mol. The Hall–Kier alpha value is -2.03. The van der Waals surface area contributed by atoms with E-state index in [9.17, 15) is 14.3 Å². The van der Waals surface area contributed by atoms with Gasteiger partial charge in [-0.05, 0) is 31.0 Å². The van der Waals surface area contributed by atoms with Crippen molar-refractivity contribution in [1.82, 2.24) is 14.8 Å². The highest BCUT2D eigenvalue weighted by atomic mass is 35.5. The largest absolute Gasteiger partial charge is 0.391 e. The van der Waals surface area contributed by atoms with Gasteiger partial charge in [-0.15, -0.1) is 0 Å². The first-order chi connectivity index (χ1) is 11.3. The van der Waals surface area contributed by atoms with E-state index in [0.29, 0.717) is 24.4 Å². The van der Waals surface area contributed by atoms with Crippen molar-refractivity contribution in [3.8, 4) is 5.69 Å². The Morgan fingerprint density at radius 3 is 2.79 bits per heavy atom. The topological polar surface area (TPSA) is 120 Å². The van der Waals surface area contributed by atoms with Gasteiger partial charge in [-0.2, -0.15) is 5.10 Å². The van der Waals surface area contributed by atoms with Crippen LogP contribution in [-0.4, -0.2) is 37.9 Å². The van der Waals surface area contributed by atoms with Gasteiger partial charge in [-0.1, -0.05) is 11.6 Å². The molecule has 0 saturated heterocycles. The molecule has 1 aromatic heterocycles. The second-order valence-corrected chi connectivity index (χ2v) is 6.35. The molecule has 1 amide bonds. The summed E-state index contributed by atoms with van der Waals surface area (Å²) >= 11 is 5.84. The molecule has 3 rings (SSSR count). The van der Waals surface area contributed by atoms with Crippen LogP contribution in [0.15, 0.2) is 18.2 Å². The molecule has 128 valence electrons. The van der Waals surface area contributed by atoms with Crippen LogP contribution in [0.5, 0.6) is 0 Å². The number of aromatic nitrogens is 3. The van der Waals surface area contributed by atoms with Crippen molar-refractivity contribution in [2.45, 2.75) is 37.3 Å². The lowest BCUT2D eigenvalue weighted by Crippen LogP contribution is -2.28. The normalized spacial score (nSPS) is 23.6. The number of carbonyl (C=O) groups excluding carboxylic acids is 1. The summed E-state index contributed by atoms with van der Waals surface area (Å²) < 4.78 is 14.9. The molecule has 0 aliphatic heterocycles. The van der Waals surface area contributed by atoms with Crippen molar-refractivity contribution in [2.24, 2.45) is 11.5 Å². The van der Waals surface area contributed by atoms with Gasteiger partial charge in [0.2, 0.25) is 5.91 Å². The average Bonchev–Trinajstić information content (AvgIpc) is 3.05. The van der Waals surface area contributed by atoms with Crippen LogP contribution >= 0.6 is 11.6 Å². The summed E-state index contributed by atoms with van der Waals surface area (Å²) in [7, 11) is 0. The minimum absolute atomic E-state index is 0.0476. The molecule has 7 nitrogen and oxygen atoms in total. The molecule has 1 fully saturated rings. The molecule has 24 heavy (non-hydrogen) atoms. The highest BCUT2D eigenvalue weighted by Gasteiger charge is 2.35. The second-order valence-electron chi connectivity index (χ2n) is 5.94. The molecular formula is C15H17ClFN5O2. The first-order valence-corrected chi connectivity index (χ1v) is 7.86. The number of nitrogens with two attached hydrogens (primary N) is 2. The smallest absolute Gasteiger partial charge is 0.225 e. The Kier molecular flexibility index (Phi) is 4.53. The molecule has 1 saturated carbocycles. The third kappa shape index (κ3) is 3.26. The molecule has 0 spiro atoms.